The number of allylic oxidation sites excluding steroid dienone is 7. The van der Waals surface area contributed by atoms with Crippen molar-refractivity contribution < 1.29 is 0 Å². The Hall–Kier alpha value is -1.82. The molecule has 0 radical (unpaired) electrons. The van der Waals surface area contributed by atoms with Crippen molar-refractivity contribution in [1.29, 1.82) is 0 Å². The third-order valence-corrected chi connectivity index (χ3v) is 4.20. The fourth-order valence-corrected chi connectivity index (χ4v) is 2.81. The minimum Gasteiger partial charge on any atom is -0.0912 e. The third kappa shape index (κ3) is 3.39. The predicted molar refractivity (Wildman–Crippen MR) is 89.5 cm³/mol. The van der Waals surface area contributed by atoms with Crippen LogP contribution in [0.15, 0.2) is 66.8 Å². The zero-order valence-electron chi connectivity index (χ0n) is 12.8. The summed E-state index contributed by atoms with van der Waals surface area (Å²) in [5.41, 5.74) is 5.10. The topological polar surface area (TPSA) is 0 Å². The molecular weight excluding hydrogens is 240 g/mol. The van der Waals surface area contributed by atoms with Crippen LogP contribution in [-0.2, 0) is 0 Å². The molecule has 0 saturated heterocycles. The molecule has 0 fully saturated rings. The fourth-order valence-electron chi connectivity index (χ4n) is 2.81. The number of rotatable bonds is 4. The van der Waals surface area contributed by atoms with Gasteiger partial charge in [0, 0.05) is 0 Å². The predicted octanol–water partition coefficient (Wildman–Crippen LogP) is 5.72. The smallest absolute Gasteiger partial charge is 0.0108 e. The van der Waals surface area contributed by atoms with Crippen molar-refractivity contribution in [2.45, 2.75) is 27.2 Å². The van der Waals surface area contributed by atoms with E-state index in [1.165, 1.54) is 16.7 Å². The summed E-state index contributed by atoms with van der Waals surface area (Å²) in [6.07, 6.45) is 12.3. The summed E-state index contributed by atoms with van der Waals surface area (Å²) in [6.45, 7) is 10.9. The first-order valence-electron chi connectivity index (χ1n) is 7.36. The van der Waals surface area contributed by atoms with Gasteiger partial charge in [0.1, 0.15) is 0 Å². The van der Waals surface area contributed by atoms with Crippen LogP contribution in [0.4, 0.5) is 0 Å². The molecule has 0 bridgehead atoms. The third-order valence-electron chi connectivity index (χ3n) is 4.20. The van der Waals surface area contributed by atoms with Crippen molar-refractivity contribution in [2.24, 2.45) is 11.8 Å². The second kappa shape index (κ2) is 6.56. The molecule has 0 N–H and O–H groups in total. The van der Waals surface area contributed by atoms with Gasteiger partial charge in [0.25, 0.3) is 0 Å². The SMILES string of the molecule is C=C(/C=C\C(C)C1CC=CC=C1C)c1ccccc1C. The molecule has 0 aromatic heterocycles. The summed E-state index contributed by atoms with van der Waals surface area (Å²) in [5.74, 6) is 1.16. The van der Waals surface area contributed by atoms with E-state index in [1.807, 2.05) is 0 Å². The molecule has 1 aliphatic rings. The zero-order chi connectivity index (χ0) is 14.5. The molecule has 1 aromatic rings. The summed E-state index contributed by atoms with van der Waals surface area (Å²) in [7, 11) is 0. The highest BCUT2D eigenvalue weighted by atomic mass is 14.2. The lowest BCUT2D eigenvalue weighted by Crippen LogP contribution is -2.12. The Balaban J connectivity index is 2.06. The van der Waals surface area contributed by atoms with Crippen molar-refractivity contribution in [3.05, 3.63) is 77.9 Å². The highest BCUT2D eigenvalue weighted by Crippen LogP contribution is 2.29. The molecule has 2 rings (SSSR count). The zero-order valence-corrected chi connectivity index (χ0v) is 12.8. The van der Waals surface area contributed by atoms with Crippen molar-refractivity contribution >= 4 is 5.57 Å². The van der Waals surface area contributed by atoms with Crippen LogP contribution >= 0.6 is 0 Å². The summed E-state index contributed by atoms with van der Waals surface area (Å²) in [4.78, 5) is 0. The molecule has 1 aromatic carbocycles. The van der Waals surface area contributed by atoms with Crippen molar-refractivity contribution in [3.8, 4) is 0 Å². The van der Waals surface area contributed by atoms with Gasteiger partial charge >= 0.3 is 0 Å². The van der Waals surface area contributed by atoms with Crippen molar-refractivity contribution in [3.63, 3.8) is 0 Å². The van der Waals surface area contributed by atoms with E-state index < -0.39 is 0 Å². The van der Waals surface area contributed by atoms with E-state index in [4.69, 9.17) is 0 Å². The van der Waals surface area contributed by atoms with E-state index in [2.05, 4.69) is 82.0 Å². The minimum atomic E-state index is 0.539. The van der Waals surface area contributed by atoms with Crippen molar-refractivity contribution in [1.82, 2.24) is 0 Å². The van der Waals surface area contributed by atoms with Gasteiger partial charge in [0.15, 0.2) is 0 Å². The van der Waals surface area contributed by atoms with Crippen LogP contribution in [0.2, 0.25) is 0 Å². The van der Waals surface area contributed by atoms with E-state index in [0.717, 1.165) is 12.0 Å². The molecule has 2 unspecified atom stereocenters. The normalized spacial score (nSPS) is 19.9. The lowest BCUT2D eigenvalue weighted by atomic mass is 9.82. The number of benzene rings is 1. The Morgan fingerprint density at radius 1 is 1.30 bits per heavy atom. The summed E-state index contributed by atoms with van der Waals surface area (Å²) < 4.78 is 0. The van der Waals surface area contributed by atoms with E-state index in [0.29, 0.717) is 11.8 Å². The molecule has 0 saturated carbocycles. The van der Waals surface area contributed by atoms with Gasteiger partial charge in [0.05, 0.1) is 0 Å². The largest absolute Gasteiger partial charge is 0.0912 e. The molecule has 20 heavy (non-hydrogen) atoms. The average Bonchev–Trinajstić information content (AvgIpc) is 2.45. The fraction of sp³-hybridized carbons (Fsp3) is 0.300. The first kappa shape index (κ1) is 14.6. The molecule has 2 atom stereocenters. The quantitative estimate of drug-likeness (QED) is 0.610. The number of hydrogen-bond acceptors (Lipinski definition) is 0. The van der Waals surface area contributed by atoms with Crippen molar-refractivity contribution in [2.75, 3.05) is 0 Å². The molecule has 104 valence electrons. The van der Waals surface area contributed by atoms with Gasteiger partial charge in [-0.3, -0.25) is 0 Å². The Kier molecular flexibility index (Phi) is 4.79. The van der Waals surface area contributed by atoms with Gasteiger partial charge in [-0.2, -0.15) is 0 Å². The first-order valence-corrected chi connectivity index (χ1v) is 7.36. The molecule has 1 aliphatic carbocycles. The van der Waals surface area contributed by atoms with Gasteiger partial charge in [-0.15, -0.1) is 0 Å². The second-order valence-electron chi connectivity index (χ2n) is 5.74. The van der Waals surface area contributed by atoms with Crippen LogP contribution in [0, 0.1) is 18.8 Å². The molecule has 0 nitrogen and oxygen atoms in total. The Morgan fingerprint density at radius 3 is 2.75 bits per heavy atom. The highest BCUT2D eigenvalue weighted by molar-refractivity contribution is 5.73. The highest BCUT2D eigenvalue weighted by Gasteiger charge is 2.16. The maximum atomic E-state index is 4.21. The van der Waals surface area contributed by atoms with E-state index in [1.54, 1.807) is 0 Å². The Labute approximate surface area is 123 Å². The summed E-state index contributed by atoms with van der Waals surface area (Å²) in [6, 6.07) is 8.42. The van der Waals surface area contributed by atoms with Gasteiger partial charge in [-0.05, 0) is 48.8 Å². The van der Waals surface area contributed by atoms with Crippen LogP contribution < -0.4 is 0 Å². The lowest BCUT2D eigenvalue weighted by Gasteiger charge is -2.23. The number of aryl methyl sites for hydroxylation is 1. The first-order chi connectivity index (χ1) is 9.59. The molecule has 0 heterocycles. The maximum absolute atomic E-state index is 4.21. The van der Waals surface area contributed by atoms with Crippen LogP contribution in [0.1, 0.15) is 31.4 Å². The van der Waals surface area contributed by atoms with E-state index in [-0.39, 0.29) is 0 Å². The maximum Gasteiger partial charge on any atom is -0.0108 e. The molecule has 0 aliphatic heterocycles. The van der Waals surface area contributed by atoms with Crippen LogP contribution in [0.3, 0.4) is 0 Å². The average molecular weight is 264 g/mol. The molecule has 0 spiro atoms. The lowest BCUT2D eigenvalue weighted by molar-refractivity contribution is 0.487. The molecule has 0 amide bonds. The standard InChI is InChI=1S/C20H24/c1-15-9-5-7-11-19(15)17(3)13-14-18(4)20-12-8-6-10-16(20)2/h5-11,13-14,18,20H,3,12H2,1-2,4H3/b14-13-. The van der Waals surface area contributed by atoms with Crippen LogP contribution in [-0.4, -0.2) is 0 Å². The summed E-state index contributed by atoms with van der Waals surface area (Å²) >= 11 is 0. The van der Waals surface area contributed by atoms with Gasteiger partial charge in [-0.25, -0.2) is 0 Å². The summed E-state index contributed by atoms with van der Waals surface area (Å²) in [5, 5.41) is 0. The number of hydrogen-bond donors (Lipinski definition) is 0. The van der Waals surface area contributed by atoms with Gasteiger partial charge in [-0.1, -0.05) is 73.7 Å². The van der Waals surface area contributed by atoms with E-state index in [9.17, 15) is 0 Å². The van der Waals surface area contributed by atoms with Crippen LogP contribution in [0.25, 0.3) is 5.57 Å². The van der Waals surface area contributed by atoms with E-state index >= 15 is 0 Å². The van der Waals surface area contributed by atoms with Gasteiger partial charge < -0.3 is 0 Å². The molecular formula is C20H24. The molecule has 0 heteroatoms. The van der Waals surface area contributed by atoms with Gasteiger partial charge in [0.2, 0.25) is 0 Å². The Bertz CT molecular complexity index is 569. The monoisotopic (exact) mass is 264 g/mol. The Morgan fingerprint density at radius 2 is 2.05 bits per heavy atom. The minimum absolute atomic E-state index is 0.539. The second-order valence-corrected chi connectivity index (χ2v) is 5.74. The van der Waals surface area contributed by atoms with Crippen LogP contribution in [0.5, 0.6) is 0 Å².